The normalized spacial score (nSPS) is 24.0. The molecular formula is C70H66Cl6F2N12O8. The molecule has 510 valence electrons. The van der Waals surface area contributed by atoms with Crippen LogP contribution in [0.5, 0.6) is 0 Å². The molecule has 4 aliphatic heterocycles. The third kappa shape index (κ3) is 14.8. The molecule has 0 spiro atoms. The van der Waals surface area contributed by atoms with Crippen molar-refractivity contribution in [1.82, 2.24) is 59.5 Å². The molecule has 0 bridgehead atoms. The van der Waals surface area contributed by atoms with E-state index in [0.29, 0.717) is 103 Å². The lowest BCUT2D eigenvalue weighted by Crippen LogP contribution is -2.57. The Balaban J connectivity index is 0.673. The minimum absolute atomic E-state index is 0.0128. The zero-order chi connectivity index (χ0) is 67.6. The van der Waals surface area contributed by atoms with Crippen molar-refractivity contribution in [3.8, 4) is 33.9 Å². The highest BCUT2D eigenvalue weighted by atomic mass is 35.5. The standard InChI is InChI=1S/C70H66Cl6F2N12O8/c1-39-79-67(89(83-39)55-33-45(71)23-27-49(55)75)65-63(59(87-35-53(81-85-87)43-21-25-47(73)51(77)31-43)61-57(95-65)37-93-69(97-61)41-17-11-9-12-18-41)91-29-15-7-5-3-4-6-8-16-30-92-64-60(88-36-54(82-86-88)44-22-26-48(74)52(78)32-44)62-58(38-94-70(98-62)42-19-13-10-14-20-42)96-66(64)68-80-40(2)84-90(68)56-34-46(72)24-28-50(56)76/h9-14,17-28,31-36,57-66,69-70H,3-8,15-16,29-30,37-38H2,1-2H3/t57-,58+,59+,60-,61+,62-,63-,64+,65-,66+,69+,70-. The topological polar surface area (TPSA) is 197 Å². The molecule has 4 aliphatic rings. The summed E-state index contributed by atoms with van der Waals surface area (Å²) in [6.45, 7) is 4.55. The van der Waals surface area contributed by atoms with Crippen LogP contribution < -0.4 is 0 Å². The fourth-order valence-corrected chi connectivity index (χ4v) is 14.1. The molecule has 20 nitrogen and oxygen atoms in total. The van der Waals surface area contributed by atoms with E-state index >= 15 is 0 Å². The Morgan fingerprint density at radius 3 is 1.28 bits per heavy atom. The van der Waals surface area contributed by atoms with Gasteiger partial charge in [0.1, 0.15) is 95.6 Å². The van der Waals surface area contributed by atoms with Crippen LogP contribution in [0.3, 0.4) is 0 Å². The number of ether oxygens (including phenoxy) is 8. The molecule has 8 heterocycles. The summed E-state index contributed by atoms with van der Waals surface area (Å²) in [5.74, 6) is 0.573. The summed E-state index contributed by atoms with van der Waals surface area (Å²) in [7, 11) is 0. The van der Waals surface area contributed by atoms with E-state index < -0.39 is 85.1 Å². The molecule has 0 N–H and O–H groups in total. The second-order valence-electron chi connectivity index (χ2n) is 24.5. The molecule has 10 aromatic rings. The van der Waals surface area contributed by atoms with Crippen LogP contribution in [0.25, 0.3) is 33.9 Å². The predicted molar refractivity (Wildman–Crippen MR) is 363 cm³/mol. The number of nitrogens with zero attached hydrogens (tertiary/aromatic N) is 12. The third-order valence-electron chi connectivity index (χ3n) is 17.8. The van der Waals surface area contributed by atoms with Crippen LogP contribution in [0.2, 0.25) is 30.1 Å². The van der Waals surface area contributed by atoms with E-state index in [4.69, 9.17) is 128 Å². The second-order valence-corrected chi connectivity index (χ2v) is 27.0. The highest BCUT2D eigenvalue weighted by Gasteiger charge is 2.56. The van der Waals surface area contributed by atoms with Crippen molar-refractivity contribution in [1.29, 1.82) is 0 Å². The smallest absolute Gasteiger partial charge is 0.184 e. The summed E-state index contributed by atoms with van der Waals surface area (Å²) in [6.07, 6.45) is 2.94. The number of rotatable bonds is 23. The molecule has 0 radical (unpaired) electrons. The maximum absolute atomic E-state index is 15.0. The molecule has 6 aromatic carbocycles. The van der Waals surface area contributed by atoms with E-state index in [2.05, 4.69) is 20.6 Å². The summed E-state index contributed by atoms with van der Waals surface area (Å²) in [6, 6.07) is 37.2. The predicted octanol–water partition coefficient (Wildman–Crippen LogP) is 16.4. The van der Waals surface area contributed by atoms with E-state index in [1.165, 1.54) is 24.3 Å². The minimum Gasteiger partial charge on any atom is -0.373 e. The van der Waals surface area contributed by atoms with Gasteiger partial charge in [-0.3, -0.25) is 0 Å². The van der Waals surface area contributed by atoms with Crippen LogP contribution in [0.15, 0.2) is 146 Å². The van der Waals surface area contributed by atoms with Gasteiger partial charge in [-0.15, -0.1) is 10.2 Å². The first-order valence-electron chi connectivity index (χ1n) is 32.4. The Hall–Kier alpha value is -6.84. The van der Waals surface area contributed by atoms with Gasteiger partial charge in [0.15, 0.2) is 24.2 Å². The Labute approximate surface area is 593 Å². The minimum atomic E-state index is -0.885. The van der Waals surface area contributed by atoms with E-state index in [-0.39, 0.29) is 23.3 Å². The van der Waals surface area contributed by atoms with Gasteiger partial charge in [-0.1, -0.05) is 191 Å². The molecule has 0 amide bonds. The largest absolute Gasteiger partial charge is 0.373 e. The van der Waals surface area contributed by atoms with Crippen LogP contribution in [0, 0.1) is 25.5 Å². The zero-order valence-electron chi connectivity index (χ0n) is 52.9. The first-order valence-corrected chi connectivity index (χ1v) is 34.7. The fraction of sp³-hybridized carbons (Fsp3) is 0.371. The first kappa shape index (κ1) is 68.3. The van der Waals surface area contributed by atoms with Crippen molar-refractivity contribution in [2.24, 2.45) is 0 Å². The monoisotopic (exact) mass is 1450 g/mol. The van der Waals surface area contributed by atoms with Gasteiger partial charge < -0.3 is 37.9 Å². The molecule has 14 rings (SSSR count). The molecule has 28 heteroatoms. The molecule has 12 atom stereocenters. The Morgan fingerprint density at radius 1 is 0.469 bits per heavy atom. The van der Waals surface area contributed by atoms with Crippen LogP contribution in [0.4, 0.5) is 8.78 Å². The van der Waals surface area contributed by atoms with E-state index in [1.807, 2.05) is 60.7 Å². The van der Waals surface area contributed by atoms with E-state index in [0.717, 1.165) is 49.7 Å². The molecular weight excluding hydrogens is 1390 g/mol. The van der Waals surface area contributed by atoms with Gasteiger partial charge in [0, 0.05) is 45.5 Å². The van der Waals surface area contributed by atoms with Gasteiger partial charge >= 0.3 is 0 Å². The number of unbranched alkanes of at least 4 members (excludes halogenated alkanes) is 7. The molecule has 4 aromatic heterocycles. The van der Waals surface area contributed by atoms with Gasteiger partial charge in [0.05, 0.1) is 57.1 Å². The lowest BCUT2D eigenvalue weighted by Gasteiger charge is -2.49. The number of halogens is 8. The number of hydrogen-bond acceptors (Lipinski definition) is 16. The van der Waals surface area contributed by atoms with Gasteiger partial charge in [-0.05, 0) is 87.4 Å². The van der Waals surface area contributed by atoms with Crippen LogP contribution in [0.1, 0.15) is 123 Å². The van der Waals surface area contributed by atoms with E-state index in [1.54, 1.807) is 93.5 Å². The second kappa shape index (κ2) is 30.6. The number of benzene rings is 6. The third-order valence-corrected chi connectivity index (χ3v) is 19.5. The van der Waals surface area contributed by atoms with Gasteiger partial charge in [0.2, 0.25) is 0 Å². The van der Waals surface area contributed by atoms with Crippen LogP contribution in [-0.2, 0) is 37.9 Å². The Morgan fingerprint density at radius 2 is 0.867 bits per heavy atom. The van der Waals surface area contributed by atoms with Crippen molar-refractivity contribution >= 4 is 69.6 Å². The van der Waals surface area contributed by atoms with Crippen LogP contribution in [-0.4, -0.2) is 123 Å². The summed E-state index contributed by atoms with van der Waals surface area (Å²) in [4.78, 5) is 9.92. The first-order chi connectivity index (χ1) is 47.7. The summed E-state index contributed by atoms with van der Waals surface area (Å²) < 4.78 is 91.5. The lowest BCUT2D eigenvalue weighted by molar-refractivity contribution is -0.323. The maximum Gasteiger partial charge on any atom is 0.184 e. The summed E-state index contributed by atoms with van der Waals surface area (Å²) in [5.41, 5.74) is 4.42. The summed E-state index contributed by atoms with van der Waals surface area (Å²) >= 11 is 39.2. The highest BCUT2D eigenvalue weighted by molar-refractivity contribution is 6.35. The van der Waals surface area contributed by atoms with Crippen molar-refractivity contribution in [3.63, 3.8) is 0 Å². The molecule has 4 saturated heterocycles. The van der Waals surface area contributed by atoms with Gasteiger partial charge in [-0.2, -0.15) is 10.2 Å². The number of aromatic nitrogens is 12. The van der Waals surface area contributed by atoms with Crippen molar-refractivity contribution in [3.05, 3.63) is 222 Å². The SMILES string of the molecule is Cc1nc([C@H]2O[C@H]3CO[C@@H](c4ccccc4)O[C@H]3[C@@H](n3cc(-c4ccc(Cl)c(F)c4)nn3)[C@@H]2OCCCCCCCCCCO[C@@H]2[C@@H](n3cc(-c4ccc(Cl)c(F)c4)nn3)[C@H]3O[C@@H](c4ccccc4)OC[C@H]3O[C@H]2c2nc(C)nn2-c2cc(Cl)ccc2Cl)n(-c2cc(Cl)ccc2Cl)n1. The zero-order valence-corrected chi connectivity index (χ0v) is 57.5. The average Bonchev–Trinajstić information content (AvgIpc) is 1.44. The fourth-order valence-electron chi connectivity index (χ4n) is 13.2. The Bertz CT molecular complexity index is 4130. The number of aryl methyl sites for hydroxylation is 2. The van der Waals surface area contributed by atoms with Gasteiger partial charge in [-0.25, -0.2) is 37.5 Å². The van der Waals surface area contributed by atoms with Crippen molar-refractivity contribution < 1.29 is 46.7 Å². The maximum atomic E-state index is 15.0. The molecule has 0 aliphatic carbocycles. The van der Waals surface area contributed by atoms with Crippen molar-refractivity contribution in [2.45, 2.75) is 139 Å². The molecule has 4 fully saturated rings. The van der Waals surface area contributed by atoms with Crippen molar-refractivity contribution in [2.75, 3.05) is 26.4 Å². The number of hydrogen-bond donors (Lipinski definition) is 0. The van der Waals surface area contributed by atoms with Crippen LogP contribution >= 0.6 is 69.6 Å². The average molecular weight is 1450 g/mol. The molecule has 0 saturated carbocycles. The lowest BCUT2D eigenvalue weighted by atomic mass is 9.90. The quantitative estimate of drug-likeness (QED) is 0.0548. The summed E-state index contributed by atoms with van der Waals surface area (Å²) in [5, 5.41) is 29.7. The number of fused-ring (bicyclic) bond motifs is 2. The highest BCUT2D eigenvalue weighted by Crippen LogP contribution is 2.49. The molecule has 98 heavy (non-hydrogen) atoms. The molecule has 0 unspecified atom stereocenters. The van der Waals surface area contributed by atoms with E-state index in [9.17, 15) is 8.78 Å². The Kier molecular flexibility index (Phi) is 21.3. The van der Waals surface area contributed by atoms with Gasteiger partial charge in [0.25, 0.3) is 0 Å².